The Morgan fingerprint density at radius 3 is 2.54 bits per heavy atom. The zero-order chi connectivity index (χ0) is 25.8. The number of hydrogen-bond donors (Lipinski definition) is 2. The lowest BCUT2D eigenvalue weighted by Crippen LogP contribution is -2.20. The molecule has 1 amide bonds. The topological polar surface area (TPSA) is 106 Å². The van der Waals surface area contributed by atoms with Gasteiger partial charge in [-0.15, -0.1) is 0 Å². The maximum Gasteiger partial charge on any atom is 0.336 e. The first kappa shape index (κ1) is 23.7. The first-order chi connectivity index (χ1) is 17.9. The van der Waals surface area contributed by atoms with E-state index in [1.54, 1.807) is 24.3 Å². The summed E-state index contributed by atoms with van der Waals surface area (Å²) in [6.07, 6.45) is 0. The SMILES string of the molecule is Cc1nc(Nc2cccc(NC(=O)COc3ccc4c(C)cc(=O)oc4c3)c2)cc(-c2ccccc2)n1. The highest BCUT2D eigenvalue weighted by Gasteiger charge is 2.09. The molecule has 0 saturated heterocycles. The van der Waals surface area contributed by atoms with Crippen LogP contribution in [0.3, 0.4) is 0 Å². The Balaban J connectivity index is 1.24. The molecule has 0 spiro atoms. The van der Waals surface area contributed by atoms with E-state index in [4.69, 9.17) is 9.15 Å². The average Bonchev–Trinajstić information content (AvgIpc) is 2.87. The molecule has 8 nitrogen and oxygen atoms in total. The third kappa shape index (κ3) is 5.82. The van der Waals surface area contributed by atoms with Crippen LogP contribution in [0.4, 0.5) is 17.2 Å². The van der Waals surface area contributed by atoms with E-state index < -0.39 is 5.63 Å². The molecule has 0 aliphatic rings. The van der Waals surface area contributed by atoms with Gasteiger partial charge in [0.05, 0.1) is 5.69 Å². The standard InChI is InChI=1S/C29H24N4O4/c1-18-13-29(35)37-26-15-23(11-12-24(18)26)36-17-28(34)33-22-10-6-9-21(14-22)32-27-16-25(30-19(2)31-27)20-7-4-3-5-8-20/h3-16H,17H2,1-2H3,(H,33,34)(H,30,31,32). The van der Waals surface area contributed by atoms with E-state index in [9.17, 15) is 9.59 Å². The summed E-state index contributed by atoms with van der Waals surface area (Å²) in [5.74, 6) is 1.40. The molecule has 0 atom stereocenters. The molecule has 8 heteroatoms. The number of aryl methyl sites for hydroxylation is 2. The van der Waals surface area contributed by atoms with Crippen LogP contribution in [0.5, 0.6) is 5.75 Å². The minimum Gasteiger partial charge on any atom is -0.484 e. The molecule has 0 aliphatic carbocycles. The molecule has 5 aromatic rings. The third-order valence-electron chi connectivity index (χ3n) is 5.62. The van der Waals surface area contributed by atoms with Gasteiger partial charge in [-0.2, -0.15) is 0 Å². The number of fused-ring (bicyclic) bond motifs is 1. The number of nitrogens with one attached hydrogen (secondary N) is 2. The number of rotatable bonds is 7. The Morgan fingerprint density at radius 1 is 0.892 bits per heavy atom. The van der Waals surface area contributed by atoms with Gasteiger partial charge in [0.2, 0.25) is 0 Å². The van der Waals surface area contributed by atoms with Crippen molar-refractivity contribution in [1.29, 1.82) is 0 Å². The van der Waals surface area contributed by atoms with E-state index in [2.05, 4.69) is 20.6 Å². The molecule has 2 N–H and O–H groups in total. The second kappa shape index (κ2) is 10.3. The number of carbonyl (C=O) groups excluding carboxylic acids is 1. The van der Waals surface area contributed by atoms with Crippen molar-refractivity contribution in [2.45, 2.75) is 13.8 Å². The summed E-state index contributed by atoms with van der Waals surface area (Å²) in [4.78, 5) is 33.2. The maximum absolute atomic E-state index is 12.5. The molecular weight excluding hydrogens is 468 g/mol. The Kier molecular flexibility index (Phi) is 6.63. The lowest BCUT2D eigenvalue weighted by atomic mass is 10.1. The molecule has 0 saturated carbocycles. The summed E-state index contributed by atoms with van der Waals surface area (Å²) in [7, 11) is 0. The number of amides is 1. The molecule has 2 heterocycles. The molecule has 0 radical (unpaired) electrons. The first-order valence-corrected chi connectivity index (χ1v) is 11.7. The van der Waals surface area contributed by atoms with Crippen molar-refractivity contribution in [3.8, 4) is 17.0 Å². The van der Waals surface area contributed by atoms with E-state index in [1.165, 1.54) is 6.07 Å². The van der Waals surface area contributed by atoms with Crippen LogP contribution in [0, 0.1) is 13.8 Å². The predicted molar refractivity (Wildman–Crippen MR) is 143 cm³/mol. The number of anilines is 3. The first-order valence-electron chi connectivity index (χ1n) is 11.7. The molecule has 2 aromatic heterocycles. The highest BCUT2D eigenvalue weighted by molar-refractivity contribution is 5.92. The van der Waals surface area contributed by atoms with E-state index >= 15 is 0 Å². The fourth-order valence-electron chi connectivity index (χ4n) is 3.95. The fourth-order valence-corrected chi connectivity index (χ4v) is 3.95. The number of ether oxygens (including phenoxy) is 1. The Labute approximate surface area is 213 Å². The van der Waals surface area contributed by atoms with Crippen LogP contribution in [-0.2, 0) is 4.79 Å². The van der Waals surface area contributed by atoms with Crippen molar-refractivity contribution in [1.82, 2.24) is 9.97 Å². The largest absolute Gasteiger partial charge is 0.484 e. The van der Waals surface area contributed by atoms with Gasteiger partial charge in [0, 0.05) is 40.5 Å². The lowest BCUT2D eigenvalue weighted by molar-refractivity contribution is -0.118. The minimum atomic E-state index is -0.429. The Morgan fingerprint density at radius 2 is 1.70 bits per heavy atom. The van der Waals surface area contributed by atoms with Crippen LogP contribution >= 0.6 is 0 Å². The van der Waals surface area contributed by atoms with Crippen molar-refractivity contribution < 1.29 is 13.9 Å². The highest BCUT2D eigenvalue weighted by atomic mass is 16.5. The molecule has 0 aliphatic heterocycles. The maximum atomic E-state index is 12.5. The van der Waals surface area contributed by atoms with Gasteiger partial charge < -0.3 is 19.8 Å². The van der Waals surface area contributed by atoms with Gasteiger partial charge in [-0.25, -0.2) is 14.8 Å². The van der Waals surface area contributed by atoms with Crippen molar-refractivity contribution in [2.24, 2.45) is 0 Å². The lowest BCUT2D eigenvalue weighted by Gasteiger charge is -2.11. The van der Waals surface area contributed by atoms with Crippen LogP contribution in [0.25, 0.3) is 22.2 Å². The number of hydrogen-bond acceptors (Lipinski definition) is 7. The Hall–Kier alpha value is -4.98. The summed E-state index contributed by atoms with van der Waals surface area (Å²) < 4.78 is 10.9. The predicted octanol–water partition coefficient (Wildman–Crippen LogP) is 5.63. The zero-order valence-electron chi connectivity index (χ0n) is 20.3. The molecule has 37 heavy (non-hydrogen) atoms. The van der Waals surface area contributed by atoms with Gasteiger partial charge in [-0.3, -0.25) is 4.79 Å². The summed E-state index contributed by atoms with van der Waals surface area (Å²) in [5, 5.41) is 6.93. The van der Waals surface area contributed by atoms with E-state index in [0.717, 1.165) is 27.9 Å². The summed E-state index contributed by atoms with van der Waals surface area (Å²) >= 11 is 0. The van der Waals surface area contributed by atoms with Crippen molar-refractivity contribution in [3.63, 3.8) is 0 Å². The fraction of sp³-hybridized carbons (Fsp3) is 0.103. The van der Waals surface area contributed by atoms with Gasteiger partial charge in [0.1, 0.15) is 23.0 Å². The Bertz CT molecular complexity index is 1650. The van der Waals surface area contributed by atoms with Crippen LogP contribution in [-0.4, -0.2) is 22.5 Å². The normalized spacial score (nSPS) is 10.8. The number of aromatic nitrogens is 2. The molecule has 0 bridgehead atoms. The molecule has 0 fully saturated rings. The number of benzene rings is 3. The number of nitrogens with zero attached hydrogens (tertiary/aromatic N) is 2. The van der Waals surface area contributed by atoms with Crippen molar-refractivity contribution in [3.05, 3.63) is 107 Å². The van der Waals surface area contributed by atoms with E-state index in [-0.39, 0.29) is 12.5 Å². The molecule has 0 unspecified atom stereocenters. The molecule has 184 valence electrons. The van der Waals surface area contributed by atoms with E-state index in [0.29, 0.717) is 28.7 Å². The van der Waals surface area contributed by atoms with E-state index in [1.807, 2.05) is 68.4 Å². The molecule has 3 aromatic carbocycles. The summed E-state index contributed by atoms with van der Waals surface area (Å²) in [5.41, 5.74) is 3.99. The van der Waals surface area contributed by atoms with Gasteiger partial charge >= 0.3 is 5.63 Å². The van der Waals surface area contributed by atoms with Gasteiger partial charge in [0.25, 0.3) is 5.91 Å². The van der Waals surface area contributed by atoms with Crippen LogP contribution < -0.4 is 21.0 Å². The monoisotopic (exact) mass is 492 g/mol. The van der Waals surface area contributed by atoms with Crippen LogP contribution in [0.15, 0.2) is 94.1 Å². The summed E-state index contributed by atoms with van der Waals surface area (Å²) in [6.45, 7) is 3.48. The minimum absolute atomic E-state index is 0.204. The second-order valence-electron chi connectivity index (χ2n) is 8.50. The quantitative estimate of drug-likeness (QED) is 0.284. The van der Waals surface area contributed by atoms with Crippen LogP contribution in [0.2, 0.25) is 0 Å². The number of carbonyl (C=O) groups is 1. The molecular formula is C29H24N4O4. The molecule has 5 rings (SSSR count). The second-order valence-corrected chi connectivity index (χ2v) is 8.50. The van der Waals surface area contributed by atoms with Gasteiger partial charge in [0.15, 0.2) is 6.61 Å². The zero-order valence-corrected chi connectivity index (χ0v) is 20.3. The van der Waals surface area contributed by atoms with Crippen molar-refractivity contribution in [2.75, 3.05) is 17.2 Å². The average molecular weight is 493 g/mol. The third-order valence-corrected chi connectivity index (χ3v) is 5.62. The van der Waals surface area contributed by atoms with Crippen molar-refractivity contribution >= 4 is 34.1 Å². The summed E-state index contributed by atoms with van der Waals surface area (Å²) in [6, 6.07) is 25.7. The van der Waals surface area contributed by atoms with Gasteiger partial charge in [-0.05, 0) is 49.7 Å². The van der Waals surface area contributed by atoms with Gasteiger partial charge in [-0.1, -0.05) is 36.4 Å². The van der Waals surface area contributed by atoms with Crippen LogP contribution in [0.1, 0.15) is 11.4 Å². The smallest absolute Gasteiger partial charge is 0.336 e. The highest BCUT2D eigenvalue weighted by Crippen LogP contribution is 2.24.